The fourth-order valence-corrected chi connectivity index (χ4v) is 3.34. The van der Waals surface area contributed by atoms with Crippen molar-refractivity contribution in [3.8, 4) is 11.5 Å². The van der Waals surface area contributed by atoms with Crippen molar-refractivity contribution in [1.82, 2.24) is 4.90 Å². The molecule has 2 aliphatic rings. The molecule has 0 saturated carbocycles. The highest BCUT2D eigenvalue weighted by molar-refractivity contribution is 5.76. The smallest absolute Gasteiger partial charge is 0.231 e. The van der Waals surface area contributed by atoms with Crippen molar-refractivity contribution in [3.05, 3.63) is 18.2 Å². The molecule has 0 radical (unpaired) electrons. The molecule has 0 spiro atoms. The van der Waals surface area contributed by atoms with E-state index in [0.29, 0.717) is 6.61 Å². The van der Waals surface area contributed by atoms with Crippen LogP contribution in [0.5, 0.6) is 11.5 Å². The first-order chi connectivity index (χ1) is 9.93. The van der Waals surface area contributed by atoms with Crippen molar-refractivity contribution in [3.63, 3.8) is 0 Å². The predicted molar refractivity (Wildman–Crippen MR) is 79.6 cm³/mol. The SMILES string of the molecule is COc1ccc2c(c1)N1C(CO2)CN(CC(N)=O)C1(C)C. The first-order valence-electron chi connectivity index (χ1n) is 7.07. The summed E-state index contributed by atoms with van der Waals surface area (Å²) in [5.41, 5.74) is 6.07. The summed E-state index contributed by atoms with van der Waals surface area (Å²) < 4.78 is 11.2. The summed E-state index contributed by atoms with van der Waals surface area (Å²) in [6.45, 7) is 5.82. The summed E-state index contributed by atoms with van der Waals surface area (Å²) >= 11 is 0. The van der Waals surface area contributed by atoms with Gasteiger partial charge in [-0.15, -0.1) is 0 Å². The first kappa shape index (κ1) is 14.0. The van der Waals surface area contributed by atoms with Crippen LogP contribution in [0.1, 0.15) is 13.8 Å². The second-order valence-electron chi connectivity index (χ2n) is 6.01. The summed E-state index contributed by atoms with van der Waals surface area (Å²) in [6.07, 6.45) is 0. The maximum atomic E-state index is 11.3. The van der Waals surface area contributed by atoms with Crippen LogP contribution < -0.4 is 20.1 Å². The van der Waals surface area contributed by atoms with Gasteiger partial charge in [0.25, 0.3) is 0 Å². The molecule has 2 aliphatic heterocycles. The van der Waals surface area contributed by atoms with Gasteiger partial charge in [-0.3, -0.25) is 9.69 Å². The van der Waals surface area contributed by atoms with Gasteiger partial charge in [0.15, 0.2) is 0 Å². The Morgan fingerprint density at radius 2 is 2.29 bits per heavy atom. The van der Waals surface area contributed by atoms with Crippen molar-refractivity contribution in [2.24, 2.45) is 5.73 Å². The highest BCUT2D eigenvalue weighted by Crippen LogP contribution is 2.44. The minimum atomic E-state index is -0.310. The number of carbonyl (C=O) groups excluding carboxylic acids is 1. The first-order valence-corrected chi connectivity index (χ1v) is 7.07. The minimum Gasteiger partial charge on any atom is -0.497 e. The maximum absolute atomic E-state index is 11.3. The van der Waals surface area contributed by atoms with Crippen molar-refractivity contribution in [2.75, 3.05) is 31.7 Å². The third-order valence-electron chi connectivity index (χ3n) is 4.36. The van der Waals surface area contributed by atoms with Gasteiger partial charge in [0, 0.05) is 12.6 Å². The second-order valence-corrected chi connectivity index (χ2v) is 6.01. The Morgan fingerprint density at radius 1 is 1.52 bits per heavy atom. The Bertz CT molecular complexity index is 573. The third-order valence-corrected chi connectivity index (χ3v) is 4.36. The molecule has 1 fully saturated rings. The van der Waals surface area contributed by atoms with Crippen molar-refractivity contribution in [2.45, 2.75) is 25.6 Å². The molecule has 3 rings (SSSR count). The van der Waals surface area contributed by atoms with Crippen molar-refractivity contribution in [1.29, 1.82) is 0 Å². The molecule has 1 amide bonds. The minimum absolute atomic E-state index is 0.207. The van der Waals surface area contributed by atoms with Gasteiger partial charge < -0.3 is 20.1 Å². The topological polar surface area (TPSA) is 68.0 Å². The van der Waals surface area contributed by atoms with Gasteiger partial charge in [0.05, 0.1) is 31.0 Å². The van der Waals surface area contributed by atoms with Crippen LogP contribution in [-0.2, 0) is 4.79 Å². The van der Waals surface area contributed by atoms with Gasteiger partial charge in [-0.2, -0.15) is 0 Å². The highest BCUT2D eigenvalue weighted by Gasteiger charge is 2.48. The average Bonchev–Trinajstić information content (AvgIpc) is 2.69. The average molecular weight is 291 g/mol. The normalized spacial score (nSPS) is 23.2. The number of anilines is 1. The maximum Gasteiger partial charge on any atom is 0.231 e. The highest BCUT2D eigenvalue weighted by atomic mass is 16.5. The van der Waals surface area contributed by atoms with Gasteiger partial charge in [-0.1, -0.05) is 0 Å². The number of rotatable bonds is 3. The van der Waals surface area contributed by atoms with E-state index in [2.05, 4.69) is 23.6 Å². The molecule has 0 aliphatic carbocycles. The molecule has 1 aromatic carbocycles. The van der Waals surface area contributed by atoms with Gasteiger partial charge in [0.2, 0.25) is 5.91 Å². The summed E-state index contributed by atoms with van der Waals surface area (Å²) in [5.74, 6) is 1.33. The van der Waals surface area contributed by atoms with Gasteiger partial charge in [-0.05, 0) is 26.0 Å². The summed E-state index contributed by atoms with van der Waals surface area (Å²) in [5, 5.41) is 0. The number of amides is 1. The van der Waals surface area contributed by atoms with E-state index in [-0.39, 0.29) is 24.2 Å². The van der Waals surface area contributed by atoms with E-state index in [9.17, 15) is 4.79 Å². The molecular formula is C15H21N3O3. The van der Waals surface area contributed by atoms with Crippen molar-refractivity contribution < 1.29 is 14.3 Å². The van der Waals surface area contributed by atoms with Crippen LogP contribution >= 0.6 is 0 Å². The lowest BCUT2D eigenvalue weighted by molar-refractivity contribution is -0.119. The van der Waals surface area contributed by atoms with Gasteiger partial charge in [0.1, 0.15) is 18.1 Å². The quantitative estimate of drug-likeness (QED) is 0.892. The largest absolute Gasteiger partial charge is 0.497 e. The summed E-state index contributed by atoms with van der Waals surface area (Å²) in [4.78, 5) is 15.7. The number of nitrogens with zero attached hydrogens (tertiary/aromatic N) is 2. The van der Waals surface area contributed by atoms with Crippen LogP contribution in [0.15, 0.2) is 18.2 Å². The van der Waals surface area contributed by atoms with Crippen LogP contribution in [-0.4, -0.2) is 49.3 Å². The molecule has 2 heterocycles. The zero-order chi connectivity index (χ0) is 15.2. The fraction of sp³-hybridized carbons (Fsp3) is 0.533. The van der Waals surface area contributed by atoms with Crippen LogP contribution in [0.25, 0.3) is 0 Å². The lowest BCUT2D eigenvalue weighted by atomic mass is 10.1. The fourth-order valence-electron chi connectivity index (χ4n) is 3.34. The molecule has 21 heavy (non-hydrogen) atoms. The van der Waals surface area contributed by atoms with Gasteiger partial charge >= 0.3 is 0 Å². The second kappa shape index (κ2) is 4.80. The Balaban J connectivity index is 2.00. The Hall–Kier alpha value is -1.95. The number of primary amides is 1. The predicted octanol–water partition coefficient (Wildman–Crippen LogP) is 0.800. The van der Waals surface area contributed by atoms with Crippen LogP contribution in [0.2, 0.25) is 0 Å². The Morgan fingerprint density at radius 3 is 2.95 bits per heavy atom. The summed E-state index contributed by atoms with van der Waals surface area (Å²) in [7, 11) is 1.65. The number of hydrogen-bond acceptors (Lipinski definition) is 5. The zero-order valence-electron chi connectivity index (χ0n) is 12.6. The molecule has 1 aromatic rings. The molecule has 1 saturated heterocycles. The van der Waals surface area contributed by atoms with Crippen LogP contribution in [0.4, 0.5) is 5.69 Å². The van der Waals surface area contributed by atoms with E-state index >= 15 is 0 Å². The Labute approximate surface area is 124 Å². The lowest BCUT2D eigenvalue weighted by Crippen LogP contribution is -2.53. The molecule has 6 nitrogen and oxygen atoms in total. The van der Waals surface area contributed by atoms with E-state index in [1.54, 1.807) is 7.11 Å². The van der Waals surface area contributed by atoms with E-state index in [4.69, 9.17) is 15.2 Å². The zero-order valence-corrected chi connectivity index (χ0v) is 12.6. The standard InChI is InChI=1S/C15H21N3O3/c1-15(2)17(8-14(16)19)7-10-9-21-13-5-4-11(20-3)6-12(13)18(10)15/h4-6,10H,7-9H2,1-3H3,(H2,16,19). The molecule has 1 unspecified atom stereocenters. The molecule has 6 heteroatoms. The Kier molecular flexibility index (Phi) is 3.20. The number of benzene rings is 1. The molecule has 0 aromatic heterocycles. The molecule has 114 valence electrons. The van der Waals surface area contributed by atoms with Crippen LogP contribution in [0, 0.1) is 0 Å². The third kappa shape index (κ3) is 2.19. The molecule has 2 N–H and O–H groups in total. The van der Waals surface area contributed by atoms with E-state index in [1.165, 1.54) is 0 Å². The number of nitrogens with two attached hydrogens (primary N) is 1. The number of methoxy groups -OCH3 is 1. The lowest BCUT2D eigenvalue weighted by Gasteiger charge is -2.43. The number of fused-ring (bicyclic) bond motifs is 3. The van der Waals surface area contributed by atoms with Gasteiger partial charge in [-0.25, -0.2) is 0 Å². The number of hydrogen-bond donors (Lipinski definition) is 1. The van der Waals surface area contributed by atoms with Crippen molar-refractivity contribution >= 4 is 11.6 Å². The van der Waals surface area contributed by atoms with E-state index in [0.717, 1.165) is 23.7 Å². The van der Waals surface area contributed by atoms with E-state index in [1.807, 2.05) is 18.2 Å². The molecule has 1 atom stereocenters. The summed E-state index contributed by atoms with van der Waals surface area (Å²) in [6, 6.07) is 6.01. The van der Waals surface area contributed by atoms with E-state index < -0.39 is 0 Å². The molecular weight excluding hydrogens is 270 g/mol. The molecule has 0 bridgehead atoms. The monoisotopic (exact) mass is 291 g/mol. The number of ether oxygens (including phenoxy) is 2. The number of carbonyl (C=O) groups is 1. The van der Waals surface area contributed by atoms with Crippen LogP contribution in [0.3, 0.4) is 0 Å².